The van der Waals surface area contributed by atoms with Crippen molar-refractivity contribution >= 4 is 36.1 Å². The van der Waals surface area contributed by atoms with Gasteiger partial charge in [-0.1, -0.05) is 27.4 Å². The summed E-state index contributed by atoms with van der Waals surface area (Å²) in [5, 5.41) is 5.61. The predicted molar refractivity (Wildman–Crippen MR) is 152 cm³/mol. The summed E-state index contributed by atoms with van der Waals surface area (Å²) >= 11 is 0. The molecule has 14 nitrogen and oxygen atoms in total. The topological polar surface area (TPSA) is 182 Å². The molecular weight excluding hydrogens is 568 g/mol. The maximum atomic E-state index is 12.2. The molecule has 1 rings (SSSR count). The van der Waals surface area contributed by atoms with Gasteiger partial charge in [-0.15, -0.1) is 0 Å². The lowest BCUT2D eigenvalue weighted by atomic mass is 9.62. The third kappa shape index (κ3) is 18.3. The lowest BCUT2D eigenvalue weighted by Crippen LogP contribution is -2.50. The molecule has 0 bridgehead atoms. The van der Waals surface area contributed by atoms with Crippen LogP contribution < -0.4 is 10.6 Å². The van der Waals surface area contributed by atoms with Crippen LogP contribution in [0.3, 0.4) is 0 Å². The molecule has 0 heterocycles. The molecule has 1 aliphatic rings. The van der Waals surface area contributed by atoms with Crippen molar-refractivity contribution in [1.82, 2.24) is 10.6 Å². The van der Waals surface area contributed by atoms with E-state index in [9.17, 15) is 28.8 Å². The van der Waals surface area contributed by atoms with Crippen molar-refractivity contribution in [3.63, 3.8) is 0 Å². The van der Waals surface area contributed by atoms with E-state index in [1.807, 2.05) is 6.92 Å². The van der Waals surface area contributed by atoms with E-state index in [-0.39, 0.29) is 69.4 Å². The molecular formula is C29H46N2O12. The van der Waals surface area contributed by atoms with E-state index < -0.39 is 36.1 Å². The second kappa shape index (κ2) is 19.4. The van der Waals surface area contributed by atoms with Crippen LogP contribution in [0.5, 0.6) is 0 Å². The van der Waals surface area contributed by atoms with Crippen LogP contribution in [0.15, 0.2) is 12.7 Å². The van der Waals surface area contributed by atoms with Gasteiger partial charge in [0.1, 0.15) is 39.6 Å². The first-order chi connectivity index (χ1) is 20.2. The molecule has 0 aromatic rings. The lowest BCUT2D eigenvalue weighted by molar-refractivity contribution is -0.151. The highest BCUT2D eigenvalue weighted by Gasteiger charge is 2.42. The lowest BCUT2D eigenvalue weighted by Gasteiger charge is -2.46. The third-order valence-corrected chi connectivity index (χ3v) is 6.40. The Morgan fingerprint density at radius 3 is 1.81 bits per heavy atom. The second-order valence-corrected chi connectivity index (χ2v) is 11.4. The zero-order chi connectivity index (χ0) is 32.3. The summed E-state index contributed by atoms with van der Waals surface area (Å²) in [6.07, 6.45) is 2.97. The quantitative estimate of drug-likeness (QED) is 0.0998. The fraction of sp³-hybridized carbons (Fsp3) is 0.724. The number of carbonyl (C=O) groups is 6. The standard InChI is InChI=1S/C29H46N2O12/c1-6-23(33)39-13-16-43-27(37)31-22-17-28(3,4)19-29(5,18-22)20-30-26(36)42-15-14-41-25(35)10-8-7-9-24(34)40-12-11-38-21(2)32/h6,22H,1,7-20H2,2-5H3,(H,30,36)(H,31,37). The molecule has 0 saturated heterocycles. The molecule has 0 spiro atoms. The van der Waals surface area contributed by atoms with Gasteiger partial charge in [0.05, 0.1) is 0 Å². The largest absolute Gasteiger partial charge is 0.462 e. The summed E-state index contributed by atoms with van der Waals surface area (Å²) < 4.78 is 29.6. The Morgan fingerprint density at radius 1 is 0.744 bits per heavy atom. The van der Waals surface area contributed by atoms with E-state index in [0.29, 0.717) is 25.8 Å². The first-order valence-electron chi connectivity index (χ1n) is 14.3. The van der Waals surface area contributed by atoms with Crippen LogP contribution in [-0.4, -0.2) is 88.3 Å². The molecule has 1 saturated carbocycles. The Labute approximate surface area is 252 Å². The van der Waals surface area contributed by atoms with Crippen LogP contribution in [0.4, 0.5) is 9.59 Å². The molecule has 0 aromatic heterocycles. The van der Waals surface area contributed by atoms with Gasteiger partial charge >= 0.3 is 36.1 Å². The van der Waals surface area contributed by atoms with E-state index in [1.165, 1.54) is 6.92 Å². The normalized spacial score (nSPS) is 18.7. The minimum Gasteiger partial charge on any atom is -0.462 e. The summed E-state index contributed by atoms with van der Waals surface area (Å²) in [4.78, 5) is 69.6. The fourth-order valence-corrected chi connectivity index (χ4v) is 5.06. The maximum absolute atomic E-state index is 12.2. The smallest absolute Gasteiger partial charge is 0.407 e. The number of amides is 2. The highest BCUT2D eigenvalue weighted by Crippen LogP contribution is 2.45. The van der Waals surface area contributed by atoms with E-state index >= 15 is 0 Å². The van der Waals surface area contributed by atoms with Crippen molar-refractivity contribution in [1.29, 1.82) is 0 Å². The Hall–Kier alpha value is -3.84. The molecule has 0 radical (unpaired) electrons. The maximum Gasteiger partial charge on any atom is 0.407 e. The number of rotatable bonds is 18. The molecule has 2 atom stereocenters. The van der Waals surface area contributed by atoms with Gasteiger partial charge in [0, 0.05) is 38.4 Å². The molecule has 244 valence electrons. The highest BCUT2D eigenvalue weighted by molar-refractivity contribution is 5.81. The molecule has 14 heteroatoms. The summed E-state index contributed by atoms with van der Waals surface area (Å²) in [7, 11) is 0. The molecule has 2 unspecified atom stereocenters. The van der Waals surface area contributed by atoms with Crippen molar-refractivity contribution in [2.75, 3.05) is 46.2 Å². The van der Waals surface area contributed by atoms with Crippen molar-refractivity contribution in [3.05, 3.63) is 12.7 Å². The van der Waals surface area contributed by atoms with Crippen molar-refractivity contribution in [2.45, 2.75) is 78.7 Å². The van der Waals surface area contributed by atoms with Gasteiger partial charge in [0.25, 0.3) is 0 Å². The van der Waals surface area contributed by atoms with Crippen LogP contribution in [0.2, 0.25) is 0 Å². The molecule has 2 amide bonds. The van der Waals surface area contributed by atoms with Gasteiger partial charge in [-0.25, -0.2) is 14.4 Å². The minimum absolute atomic E-state index is 0.00122. The minimum atomic E-state index is -0.647. The fourth-order valence-electron chi connectivity index (χ4n) is 5.06. The Kier molecular flexibility index (Phi) is 16.7. The second-order valence-electron chi connectivity index (χ2n) is 11.4. The van der Waals surface area contributed by atoms with Crippen LogP contribution in [0.1, 0.15) is 72.6 Å². The van der Waals surface area contributed by atoms with E-state index in [4.69, 9.17) is 23.7 Å². The van der Waals surface area contributed by atoms with Gasteiger partial charge in [-0.3, -0.25) is 14.4 Å². The Balaban J connectivity index is 2.25. The number of ether oxygens (including phenoxy) is 6. The van der Waals surface area contributed by atoms with Gasteiger partial charge in [-0.2, -0.15) is 0 Å². The molecule has 0 aromatic carbocycles. The molecule has 2 N–H and O–H groups in total. The Bertz CT molecular complexity index is 967. The number of hydrogen-bond donors (Lipinski definition) is 2. The van der Waals surface area contributed by atoms with Gasteiger partial charge in [0.15, 0.2) is 0 Å². The number of carbonyl (C=O) groups excluding carboxylic acids is 6. The van der Waals surface area contributed by atoms with E-state index in [2.05, 4.69) is 35.8 Å². The third-order valence-electron chi connectivity index (χ3n) is 6.40. The number of alkyl carbamates (subject to hydrolysis) is 2. The van der Waals surface area contributed by atoms with Gasteiger partial charge in [-0.05, 0) is 42.9 Å². The first-order valence-corrected chi connectivity index (χ1v) is 14.3. The Morgan fingerprint density at radius 2 is 1.26 bits per heavy atom. The number of unbranched alkanes of at least 4 members (excludes halogenated alkanes) is 1. The van der Waals surface area contributed by atoms with Crippen LogP contribution in [-0.2, 0) is 47.6 Å². The molecule has 1 fully saturated rings. The first kappa shape index (κ1) is 37.2. The summed E-state index contributed by atoms with van der Waals surface area (Å²) in [6, 6.07) is -0.188. The summed E-state index contributed by atoms with van der Waals surface area (Å²) in [5.74, 6) is -1.96. The van der Waals surface area contributed by atoms with Crippen LogP contribution >= 0.6 is 0 Å². The highest BCUT2D eigenvalue weighted by atomic mass is 16.6. The molecule has 1 aliphatic carbocycles. The predicted octanol–water partition coefficient (Wildman–Crippen LogP) is 2.96. The van der Waals surface area contributed by atoms with Crippen molar-refractivity contribution < 1.29 is 57.2 Å². The monoisotopic (exact) mass is 614 g/mol. The summed E-state index contributed by atoms with van der Waals surface area (Å²) in [6.45, 7) is 10.7. The molecule has 43 heavy (non-hydrogen) atoms. The number of esters is 4. The SMILES string of the molecule is C=CC(=O)OCCOC(=O)NC1CC(C)(C)CC(C)(CNC(=O)OCCOC(=O)CCCCC(=O)OCCOC(C)=O)C1. The van der Waals surface area contributed by atoms with Crippen molar-refractivity contribution in [3.8, 4) is 0 Å². The van der Waals surface area contributed by atoms with Gasteiger partial charge in [0.2, 0.25) is 0 Å². The zero-order valence-electron chi connectivity index (χ0n) is 25.7. The van der Waals surface area contributed by atoms with Crippen molar-refractivity contribution in [2.24, 2.45) is 10.8 Å². The van der Waals surface area contributed by atoms with E-state index in [0.717, 1.165) is 18.9 Å². The average Bonchev–Trinajstić information content (AvgIpc) is 2.91. The van der Waals surface area contributed by atoms with Crippen LogP contribution in [0.25, 0.3) is 0 Å². The molecule has 0 aliphatic heterocycles. The van der Waals surface area contributed by atoms with E-state index in [1.54, 1.807) is 0 Å². The average molecular weight is 615 g/mol. The van der Waals surface area contributed by atoms with Crippen LogP contribution in [0, 0.1) is 10.8 Å². The number of nitrogens with one attached hydrogen (secondary N) is 2. The van der Waals surface area contributed by atoms with Gasteiger partial charge < -0.3 is 39.1 Å². The number of hydrogen-bond acceptors (Lipinski definition) is 12. The zero-order valence-corrected chi connectivity index (χ0v) is 25.7. The summed E-state index contributed by atoms with van der Waals surface area (Å²) in [5.41, 5.74) is -0.449.